The van der Waals surface area contributed by atoms with Gasteiger partial charge in [0.15, 0.2) is 0 Å². The Balaban J connectivity index is 1.80. The third-order valence-corrected chi connectivity index (χ3v) is 3.44. The summed E-state index contributed by atoms with van der Waals surface area (Å²) in [5.74, 6) is -0.171. The Labute approximate surface area is 125 Å². The highest BCUT2D eigenvalue weighted by molar-refractivity contribution is 5.93. The molecule has 1 atom stereocenters. The van der Waals surface area contributed by atoms with E-state index >= 15 is 0 Å². The van der Waals surface area contributed by atoms with Crippen LogP contribution in [0.4, 0.5) is 10.5 Å². The Bertz CT molecular complexity index is 754. The maximum absolute atomic E-state index is 11.9. The van der Waals surface area contributed by atoms with Crippen molar-refractivity contribution in [3.8, 4) is 0 Å². The first kappa shape index (κ1) is 14.1. The first-order valence-electron chi connectivity index (χ1n) is 6.73. The van der Waals surface area contributed by atoms with E-state index in [9.17, 15) is 14.4 Å². The van der Waals surface area contributed by atoms with Crippen molar-refractivity contribution in [3.05, 3.63) is 24.5 Å². The molecule has 1 N–H and O–H groups in total. The average molecular weight is 302 g/mol. The van der Waals surface area contributed by atoms with Crippen LogP contribution in [0.3, 0.4) is 0 Å². The number of hydrogen-bond acceptors (Lipinski definition) is 5. The number of rotatable bonds is 4. The molecule has 1 fully saturated rings. The molecule has 2 heterocycles. The number of aromatic nitrogens is 2. The number of amides is 2. The molecule has 1 aliphatic rings. The van der Waals surface area contributed by atoms with Crippen LogP contribution in [-0.4, -0.2) is 47.2 Å². The van der Waals surface area contributed by atoms with Gasteiger partial charge in [0, 0.05) is 12.6 Å². The van der Waals surface area contributed by atoms with Gasteiger partial charge in [0.25, 0.3) is 0 Å². The number of benzene rings is 1. The molecule has 1 aromatic carbocycles. The molecule has 22 heavy (non-hydrogen) atoms. The van der Waals surface area contributed by atoms with E-state index in [1.807, 2.05) is 0 Å². The lowest BCUT2D eigenvalue weighted by Gasteiger charge is -2.13. The SMILES string of the molecule is CC(=O)NCC1CN(c2ccc3c(c2)ncn3C=O)C(=O)O1. The summed E-state index contributed by atoms with van der Waals surface area (Å²) in [7, 11) is 0. The van der Waals surface area contributed by atoms with Crippen molar-refractivity contribution in [2.75, 3.05) is 18.0 Å². The minimum Gasteiger partial charge on any atom is -0.442 e. The highest BCUT2D eigenvalue weighted by atomic mass is 16.6. The second kappa shape index (κ2) is 5.47. The lowest BCUT2D eigenvalue weighted by Crippen LogP contribution is -2.33. The minimum absolute atomic E-state index is 0.171. The average Bonchev–Trinajstić information content (AvgIpc) is 3.07. The number of anilines is 1. The van der Waals surface area contributed by atoms with Gasteiger partial charge in [-0.3, -0.25) is 19.1 Å². The van der Waals surface area contributed by atoms with E-state index in [1.54, 1.807) is 18.2 Å². The molecule has 114 valence electrons. The summed E-state index contributed by atoms with van der Waals surface area (Å²) in [5, 5.41) is 2.62. The van der Waals surface area contributed by atoms with Gasteiger partial charge in [-0.15, -0.1) is 0 Å². The number of imidazole rings is 1. The maximum atomic E-state index is 11.9. The zero-order chi connectivity index (χ0) is 15.7. The largest absolute Gasteiger partial charge is 0.442 e. The standard InChI is InChI=1S/C14H14N4O4/c1-9(20)15-5-11-6-18(14(21)22-11)10-2-3-13-12(4-10)16-7-17(13)8-19/h2-4,7-8,11H,5-6H2,1H3,(H,15,20). The van der Waals surface area contributed by atoms with Crippen molar-refractivity contribution in [2.24, 2.45) is 0 Å². The van der Waals surface area contributed by atoms with Crippen molar-refractivity contribution < 1.29 is 19.1 Å². The second-order valence-corrected chi connectivity index (χ2v) is 4.98. The molecular formula is C14H14N4O4. The van der Waals surface area contributed by atoms with E-state index < -0.39 is 6.09 Å². The Morgan fingerprint density at radius 2 is 2.36 bits per heavy atom. The molecule has 0 spiro atoms. The van der Waals surface area contributed by atoms with Crippen LogP contribution in [0.5, 0.6) is 0 Å². The van der Waals surface area contributed by atoms with Crippen LogP contribution in [0.15, 0.2) is 24.5 Å². The molecule has 8 heteroatoms. The van der Waals surface area contributed by atoms with Gasteiger partial charge in [0.05, 0.1) is 24.1 Å². The van der Waals surface area contributed by atoms with Crippen molar-refractivity contribution in [1.29, 1.82) is 0 Å². The molecular weight excluding hydrogens is 288 g/mol. The highest BCUT2D eigenvalue weighted by Crippen LogP contribution is 2.25. The smallest absolute Gasteiger partial charge is 0.414 e. The first-order valence-corrected chi connectivity index (χ1v) is 6.73. The molecule has 2 aromatic rings. The molecule has 0 saturated carbocycles. The van der Waals surface area contributed by atoms with E-state index in [2.05, 4.69) is 10.3 Å². The molecule has 1 unspecified atom stereocenters. The molecule has 1 aliphatic heterocycles. The molecule has 0 radical (unpaired) electrons. The fraction of sp³-hybridized carbons (Fsp3) is 0.286. The normalized spacial score (nSPS) is 17.6. The minimum atomic E-state index is -0.468. The van der Waals surface area contributed by atoms with E-state index in [1.165, 1.54) is 22.7 Å². The number of cyclic esters (lactones) is 1. The van der Waals surface area contributed by atoms with Gasteiger partial charge in [0.1, 0.15) is 12.4 Å². The third kappa shape index (κ3) is 2.50. The lowest BCUT2D eigenvalue weighted by atomic mass is 10.2. The Hall–Kier alpha value is -2.90. The van der Waals surface area contributed by atoms with E-state index in [0.717, 1.165) is 0 Å². The number of fused-ring (bicyclic) bond motifs is 1. The van der Waals surface area contributed by atoms with Crippen LogP contribution in [0.1, 0.15) is 6.92 Å². The predicted octanol–water partition coefficient (Wildman–Crippen LogP) is 0.536. The zero-order valence-electron chi connectivity index (χ0n) is 11.9. The summed E-state index contributed by atoms with van der Waals surface area (Å²) in [5.41, 5.74) is 1.92. The van der Waals surface area contributed by atoms with Crippen LogP contribution in [0.25, 0.3) is 11.0 Å². The first-order chi connectivity index (χ1) is 10.6. The van der Waals surface area contributed by atoms with Crippen molar-refractivity contribution >= 4 is 35.1 Å². The van der Waals surface area contributed by atoms with Crippen LogP contribution in [0, 0.1) is 0 Å². The van der Waals surface area contributed by atoms with Gasteiger partial charge in [-0.1, -0.05) is 0 Å². The quantitative estimate of drug-likeness (QED) is 0.832. The second-order valence-electron chi connectivity index (χ2n) is 4.98. The van der Waals surface area contributed by atoms with Crippen LogP contribution in [0.2, 0.25) is 0 Å². The number of carbonyl (C=O) groups is 3. The summed E-state index contributed by atoms with van der Waals surface area (Å²) < 4.78 is 6.57. The number of hydrogen-bond donors (Lipinski definition) is 1. The van der Waals surface area contributed by atoms with Gasteiger partial charge in [-0.25, -0.2) is 9.78 Å². The highest BCUT2D eigenvalue weighted by Gasteiger charge is 2.32. The van der Waals surface area contributed by atoms with Crippen molar-refractivity contribution in [2.45, 2.75) is 13.0 Å². The van der Waals surface area contributed by atoms with Gasteiger partial charge in [-0.2, -0.15) is 0 Å². The predicted molar refractivity (Wildman–Crippen MR) is 78.2 cm³/mol. The summed E-state index contributed by atoms with van der Waals surface area (Å²) in [6.07, 6.45) is 1.23. The third-order valence-electron chi connectivity index (χ3n) is 3.44. The fourth-order valence-electron chi connectivity index (χ4n) is 2.37. The maximum Gasteiger partial charge on any atom is 0.414 e. The van der Waals surface area contributed by atoms with E-state index in [0.29, 0.717) is 29.7 Å². The van der Waals surface area contributed by atoms with E-state index in [4.69, 9.17) is 4.74 Å². The van der Waals surface area contributed by atoms with Crippen LogP contribution >= 0.6 is 0 Å². The summed E-state index contributed by atoms with van der Waals surface area (Å²) in [6.45, 7) is 2.03. The topological polar surface area (TPSA) is 93.5 Å². The van der Waals surface area contributed by atoms with Gasteiger partial charge in [-0.05, 0) is 18.2 Å². The molecule has 3 rings (SSSR count). The Kier molecular flexibility index (Phi) is 3.50. The Morgan fingerprint density at radius 3 is 3.09 bits per heavy atom. The summed E-state index contributed by atoms with van der Waals surface area (Å²) >= 11 is 0. The Morgan fingerprint density at radius 1 is 1.55 bits per heavy atom. The van der Waals surface area contributed by atoms with Crippen molar-refractivity contribution in [1.82, 2.24) is 14.9 Å². The molecule has 8 nitrogen and oxygen atoms in total. The zero-order valence-corrected chi connectivity index (χ0v) is 11.9. The molecule has 0 bridgehead atoms. The monoisotopic (exact) mass is 302 g/mol. The van der Waals surface area contributed by atoms with Gasteiger partial charge < -0.3 is 10.1 Å². The number of nitrogens with one attached hydrogen (secondary N) is 1. The van der Waals surface area contributed by atoms with E-state index in [-0.39, 0.29) is 18.6 Å². The van der Waals surface area contributed by atoms with Crippen LogP contribution in [-0.2, 0) is 14.3 Å². The summed E-state index contributed by atoms with van der Waals surface area (Å²) in [6, 6.07) is 5.17. The number of nitrogens with zero attached hydrogens (tertiary/aromatic N) is 3. The number of carbonyl (C=O) groups excluding carboxylic acids is 3. The molecule has 1 aromatic heterocycles. The van der Waals surface area contributed by atoms with Crippen molar-refractivity contribution in [3.63, 3.8) is 0 Å². The lowest BCUT2D eigenvalue weighted by molar-refractivity contribution is -0.119. The summed E-state index contributed by atoms with van der Waals surface area (Å²) in [4.78, 5) is 39.3. The number of ether oxygens (including phenoxy) is 1. The van der Waals surface area contributed by atoms with Gasteiger partial charge >= 0.3 is 6.09 Å². The van der Waals surface area contributed by atoms with Gasteiger partial charge in [0.2, 0.25) is 12.3 Å². The fourth-order valence-corrected chi connectivity index (χ4v) is 2.37. The molecule has 0 aliphatic carbocycles. The molecule has 2 amide bonds. The molecule has 1 saturated heterocycles. The van der Waals surface area contributed by atoms with Crippen LogP contribution < -0.4 is 10.2 Å².